The molecule has 12 rings (SSSR count). The number of fused-ring (bicyclic) bond motifs is 6. The molecule has 0 aliphatic heterocycles. The highest BCUT2D eigenvalue weighted by atomic mass is 19.4. The standard InChI is InChI=1S/C66H46F3N3/c1-40-10-5-15-45(28-40)49-20-24-55-56-25-21-50(46-16-6-11-41(2)29-46)34-60(56)71(59(55)33-49)63-37-54(66(67,68)69)38-64(65(63)53-19-9-14-44(32-53)39-70)72-61-35-51(47-17-7-12-42(3)30-47)22-26-57(61)58-27-23-52(36-62(58)72)48-18-8-13-43(4)31-48/h5-38H,1-4H3. The fraction of sp³-hybridized carbons (Fsp3) is 0.0758. The first-order valence-corrected chi connectivity index (χ1v) is 24.1. The van der Waals surface area contributed by atoms with Gasteiger partial charge in [-0.05, 0) is 126 Å². The van der Waals surface area contributed by atoms with E-state index in [2.05, 4.69) is 179 Å². The Balaban J connectivity index is 1.28. The van der Waals surface area contributed by atoms with E-state index in [-0.39, 0.29) is 0 Å². The zero-order valence-corrected chi connectivity index (χ0v) is 40.1. The summed E-state index contributed by atoms with van der Waals surface area (Å²) in [6.45, 7) is 8.22. The van der Waals surface area contributed by atoms with Crippen molar-refractivity contribution in [2.45, 2.75) is 33.9 Å². The summed E-state index contributed by atoms with van der Waals surface area (Å²) in [5.41, 5.74) is 16.5. The van der Waals surface area contributed by atoms with E-state index in [4.69, 9.17) is 0 Å². The molecule has 0 bridgehead atoms. The molecule has 0 unspecified atom stereocenters. The number of aryl methyl sites for hydroxylation is 4. The van der Waals surface area contributed by atoms with Gasteiger partial charge in [0.25, 0.3) is 0 Å². The normalized spacial score (nSPS) is 11.8. The van der Waals surface area contributed by atoms with E-state index in [0.29, 0.717) is 28.1 Å². The van der Waals surface area contributed by atoms with Crippen LogP contribution in [0.2, 0.25) is 0 Å². The quantitative estimate of drug-likeness (QED) is 0.157. The molecule has 3 nitrogen and oxygen atoms in total. The number of halogens is 3. The number of nitrogens with zero attached hydrogens (tertiary/aromatic N) is 3. The lowest BCUT2D eigenvalue weighted by Crippen LogP contribution is -2.11. The summed E-state index contributed by atoms with van der Waals surface area (Å²) in [6, 6.07) is 70.5. The van der Waals surface area contributed by atoms with Gasteiger partial charge in [-0.25, -0.2) is 0 Å². The summed E-state index contributed by atoms with van der Waals surface area (Å²) in [6.07, 6.45) is -4.76. The molecule has 72 heavy (non-hydrogen) atoms. The first-order valence-electron chi connectivity index (χ1n) is 24.1. The van der Waals surface area contributed by atoms with Gasteiger partial charge < -0.3 is 9.13 Å². The van der Waals surface area contributed by atoms with Crippen LogP contribution in [0.5, 0.6) is 0 Å². The summed E-state index contributed by atoms with van der Waals surface area (Å²) in [4.78, 5) is 0. The van der Waals surface area contributed by atoms with Crippen molar-refractivity contribution in [3.63, 3.8) is 0 Å². The second kappa shape index (κ2) is 17.2. The Kier molecular flexibility index (Phi) is 10.6. The van der Waals surface area contributed by atoms with E-state index >= 15 is 13.2 Å². The second-order valence-corrected chi connectivity index (χ2v) is 19.2. The minimum absolute atomic E-state index is 0.331. The lowest BCUT2D eigenvalue weighted by atomic mass is 9.96. The van der Waals surface area contributed by atoms with E-state index < -0.39 is 11.7 Å². The smallest absolute Gasteiger partial charge is 0.308 e. The van der Waals surface area contributed by atoms with Crippen LogP contribution in [0.3, 0.4) is 0 Å². The first-order chi connectivity index (χ1) is 34.9. The number of nitriles is 1. The van der Waals surface area contributed by atoms with Gasteiger partial charge in [-0.1, -0.05) is 180 Å². The molecule has 10 aromatic carbocycles. The maximum absolute atomic E-state index is 16.2. The molecule has 0 N–H and O–H groups in total. The van der Waals surface area contributed by atoms with Crippen LogP contribution in [-0.4, -0.2) is 9.13 Å². The predicted octanol–water partition coefficient (Wildman–Crippen LogP) is 18.3. The van der Waals surface area contributed by atoms with Crippen molar-refractivity contribution >= 4 is 43.6 Å². The third-order valence-electron chi connectivity index (χ3n) is 14.1. The molecule has 0 saturated carbocycles. The summed E-state index contributed by atoms with van der Waals surface area (Å²) in [5.74, 6) is 0. The fourth-order valence-electron chi connectivity index (χ4n) is 10.7. The zero-order chi connectivity index (χ0) is 49.4. The van der Waals surface area contributed by atoms with Crippen molar-refractivity contribution in [1.82, 2.24) is 9.13 Å². The van der Waals surface area contributed by atoms with Gasteiger partial charge in [-0.3, -0.25) is 0 Å². The van der Waals surface area contributed by atoms with Crippen LogP contribution < -0.4 is 0 Å². The van der Waals surface area contributed by atoms with E-state index in [9.17, 15) is 5.26 Å². The van der Waals surface area contributed by atoms with Crippen molar-refractivity contribution in [3.8, 4) is 73.1 Å². The number of rotatable bonds is 7. The zero-order valence-electron chi connectivity index (χ0n) is 40.1. The molecule has 2 aromatic heterocycles. The van der Waals surface area contributed by atoms with Crippen molar-refractivity contribution in [2.75, 3.05) is 0 Å². The average Bonchev–Trinajstić information content (AvgIpc) is 3.89. The van der Waals surface area contributed by atoms with Crippen LogP contribution in [0, 0.1) is 39.0 Å². The Bertz CT molecular complexity index is 3780. The lowest BCUT2D eigenvalue weighted by molar-refractivity contribution is -0.137. The Morgan fingerprint density at radius 1 is 0.347 bits per heavy atom. The fourth-order valence-corrected chi connectivity index (χ4v) is 10.7. The Morgan fingerprint density at radius 3 is 0.958 bits per heavy atom. The Hall–Kier alpha value is -8.92. The van der Waals surface area contributed by atoms with Gasteiger partial charge in [0, 0.05) is 27.1 Å². The van der Waals surface area contributed by atoms with Crippen molar-refractivity contribution in [1.29, 1.82) is 5.26 Å². The van der Waals surface area contributed by atoms with E-state index in [1.54, 1.807) is 12.1 Å². The molecule has 6 heteroatoms. The first kappa shape index (κ1) is 44.3. The van der Waals surface area contributed by atoms with Crippen LogP contribution in [0.4, 0.5) is 13.2 Å². The molecule has 2 heterocycles. The molecule has 346 valence electrons. The van der Waals surface area contributed by atoms with Crippen LogP contribution >= 0.6 is 0 Å². The molecular formula is C66H46F3N3. The highest BCUT2D eigenvalue weighted by molar-refractivity contribution is 6.14. The van der Waals surface area contributed by atoms with Crippen LogP contribution in [-0.2, 0) is 6.18 Å². The van der Waals surface area contributed by atoms with E-state index in [0.717, 1.165) is 110 Å². The number of aromatic nitrogens is 2. The highest BCUT2D eigenvalue weighted by Crippen LogP contribution is 2.47. The van der Waals surface area contributed by atoms with Crippen molar-refractivity contribution in [2.24, 2.45) is 0 Å². The van der Waals surface area contributed by atoms with Gasteiger partial charge in [-0.2, -0.15) is 18.4 Å². The number of hydrogen-bond acceptors (Lipinski definition) is 1. The number of hydrogen-bond donors (Lipinski definition) is 0. The molecule has 12 aromatic rings. The summed E-state index contributed by atoms with van der Waals surface area (Å²) in [5, 5.41) is 14.0. The van der Waals surface area contributed by atoms with Gasteiger partial charge >= 0.3 is 6.18 Å². The molecular weight excluding hydrogens is 892 g/mol. The molecule has 0 amide bonds. The van der Waals surface area contributed by atoms with Gasteiger partial charge in [0.15, 0.2) is 0 Å². The molecule has 0 aliphatic carbocycles. The molecule has 0 aliphatic rings. The predicted molar refractivity (Wildman–Crippen MR) is 291 cm³/mol. The highest BCUT2D eigenvalue weighted by Gasteiger charge is 2.35. The monoisotopic (exact) mass is 937 g/mol. The maximum Gasteiger partial charge on any atom is 0.416 e. The Morgan fingerprint density at radius 2 is 0.653 bits per heavy atom. The summed E-state index contributed by atoms with van der Waals surface area (Å²) < 4.78 is 52.6. The maximum atomic E-state index is 16.2. The molecule has 0 spiro atoms. The lowest BCUT2D eigenvalue weighted by Gasteiger charge is -2.23. The second-order valence-electron chi connectivity index (χ2n) is 19.2. The Labute approximate surface area is 415 Å². The summed E-state index contributed by atoms with van der Waals surface area (Å²) >= 11 is 0. The third-order valence-corrected chi connectivity index (χ3v) is 14.1. The van der Waals surface area contributed by atoms with Gasteiger partial charge in [0.05, 0.1) is 50.6 Å². The van der Waals surface area contributed by atoms with Gasteiger partial charge in [-0.15, -0.1) is 0 Å². The van der Waals surface area contributed by atoms with E-state index in [1.807, 2.05) is 45.5 Å². The molecule has 0 atom stereocenters. The van der Waals surface area contributed by atoms with Gasteiger partial charge in [0.1, 0.15) is 0 Å². The average molecular weight is 938 g/mol. The topological polar surface area (TPSA) is 33.6 Å². The largest absolute Gasteiger partial charge is 0.416 e. The third kappa shape index (κ3) is 7.71. The van der Waals surface area contributed by atoms with Gasteiger partial charge in [0.2, 0.25) is 0 Å². The SMILES string of the molecule is Cc1cccc(-c2ccc3c4ccc(-c5cccc(C)c5)cc4n(-c4cc(C(F)(F)F)cc(-n5c6cc(-c7cccc(C)c7)ccc6c6ccc(-c7cccc(C)c7)cc65)c4-c4cccc(C#N)c4)c3c2)c1. The minimum atomic E-state index is -4.76. The minimum Gasteiger partial charge on any atom is -0.308 e. The van der Waals surface area contributed by atoms with Crippen molar-refractivity contribution in [3.05, 3.63) is 240 Å². The number of alkyl halides is 3. The van der Waals surface area contributed by atoms with E-state index in [1.165, 1.54) is 12.1 Å². The van der Waals surface area contributed by atoms with Crippen LogP contribution in [0.25, 0.3) is 111 Å². The van der Waals surface area contributed by atoms with Crippen LogP contribution in [0.1, 0.15) is 33.4 Å². The molecule has 0 radical (unpaired) electrons. The summed E-state index contributed by atoms with van der Waals surface area (Å²) in [7, 11) is 0. The molecule has 0 fully saturated rings. The molecule has 0 saturated heterocycles. The number of benzene rings is 10. The van der Waals surface area contributed by atoms with Crippen molar-refractivity contribution < 1.29 is 13.2 Å². The van der Waals surface area contributed by atoms with Crippen LogP contribution in [0.15, 0.2) is 206 Å².